The molecule has 4 heterocycles. The smallest absolute Gasteiger partial charge is 0.163 e. The van der Waals surface area contributed by atoms with Crippen molar-refractivity contribution in [2.75, 3.05) is 18.5 Å². The molecule has 0 fully saturated rings. The molecule has 0 saturated carbocycles. The number of thiophene rings is 1. The zero-order chi connectivity index (χ0) is 17.8. The molecule has 3 aromatic rings. The molecule has 1 atom stereocenters. The van der Waals surface area contributed by atoms with Gasteiger partial charge in [0.15, 0.2) is 5.82 Å². The Balaban J connectivity index is 1.54. The molecule has 4 rings (SSSR count). The molecule has 0 aromatic carbocycles. The third-order valence-electron chi connectivity index (χ3n) is 4.53. The van der Waals surface area contributed by atoms with E-state index in [0.717, 1.165) is 42.1 Å². The average Bonchev–Trinajstić information content (AvgIpc) is 3.37. The highest BCUT2D eigenvalue weighted by atomic mass is 32.1. The molecule has 0 aliphatic carbocycles. The van der Waals surface area contributed by atoms with E-state index in [1.54, 1.807) is 23.7 Å². The van der Waals surface area contributed by atoms with Crippen molar-refractivity contribution in [1.82, 2.24) is 20.3 Å². The summed E-state index contributed by atoms with van der Waals surface area (Å²) in [6.07, 6.45) is 4.38. The molecule has 0 amide bonds. The van der Waals surface area contributed by atoms with Gasteiger partial charge in [0.1, 0.15) is 5.82 Å². The van der Waals surface area contributed by atoms with E-state index in [1.807, 2.05) is 12.1 Å². The Labute approximate surface area is 156 Å². The van der Waals surface area contributed by atoms with Gasteiger partial charge in [0.05, 0.1) is 5.69 Å². The molecule has 1 unspecified atom stereocenters. The zero-order valence-electron chi connectivity index (χ0n) is 14.4. The number of pyridine rings is 1. The van der Waals surface area contributed by atoms with Gasteiger partial charge in [0, 0.05) is 55.7 Å². The van der Waals surface area contributed by atoms with Crippen LogP contribution in [0.1, 0.15) is 16.8 Å². The van der Waals surface area contributed by atoms with E-state index in [2.05, 4.69) is 32.4 Å². The van der Waals surface area contributed by atoms with Crippen LogP contribution in [0.5, 0.6) is 0 Å². The lowest BCUT2D eigenvalue weighted by molar-refractivity contribution is 0.232. The summed E-state index contributed by atoms with van der Waals surface area (Å²) in [5.41, 5.74) is 4.31. The fourth-order valence-electron chi connectivity index (χ4n) is 3.12. The molecule has 0 bridgehead atoms. The Morgan fingerprint density at radius 3 is 3.00 bits per heavy atom. The van der Waals surface area contributed by atoms with Gasteiger partial charge in [-0.1, -0.05) is 0 Å². The van der Waals surface area contributed by atoms with Crippen LogP contribution in [-0.2, 0) is 19.5 Å². The summed E-state index contributed by atoms with van der Waals surface area (Å²) in [6.45, 7) is 2.32. The van der Waals surface area contributed by atoms with E-state index in [0.29, 0.717) is 12.4 Å². The normalized spacial score (nSPS) is 14.2. The van der Waals surface area contributed by atoms with Crippen molar-refractivity contribution in [1.29, 1.82) is 0 Å². The summed E-state index contributed by atoms with van der Waals surface area (Å²) >= 11 is 1.69. The van der Waals surface area contributed by atoms with E-state index in [4.69, 9.17) is 9.97 Å². The quantitative estimate of drug-likeness (QED) is 0.595. The first-order chi connectivity index (χ1) is 12.8. The number of aliphatic hydroxyl groups excluding tert-OH is 1. The minimum absolute atomic E-state index is 0.143. The van der Waals surface area contributed by atoms with Crippen molar-refractivity contribution >= 4 is 17.2 Å². The number of hydrogen-bond acceptors (Lipinski definition) is 7. The van der Waals surface area contributed by atoms with E-state index < -0.39 is 0 Å². The largest absolute Gasteiger partial charge is 0.396 e. The first kappa shape index (κ1) is 17.1. The maximum absolute atomic E-state index is 9.74. The summed E-state index contributed by atoms with van der Waals surface area (Å²) in [4.78, 5) is 13.6. The molecule has 3 aromatic heterocycles. The highest BCUT2D eigenvalue weighted by Gasteiger charge is 2.20. The van der Waals surface area contributed by atoms with E-state index in [1.165, 1.54) is 5.56 Å². The van der Waals surface area contributed by atoms with Crippen LogP contribution in [0.3, 0.4) is 0 Å². The van der Waals surface area contributed by atoms with Crippen molar-refractivity contribution in [2.45, 2.75) is 19.5 Å². The number of aliphatic hydroxyl groups is 1. The molecular formula is C19H21N5OS. The third kappa shape index (κ3) is 3.75. The molecule has 1 aliphatic rings. The Morgan fingerprint density at radius 2 is 2.23 bits per heavy atom. The second kappa shape index (κ2) is 7.90. The first-order valence-corrected chi connectivity index (χ1v) is 9.64. The molecule has 7 heteroatoms. The lowest BCUT2D eigenvalue weighted by atomic mass is 10.0. The van der Waals surface area contributed by atoms with Crippen LogP contribution in [0.15, 0.2) is 41.4 Å². The van der Waals surface area contributed by atoms with Crippen LogP contribution >= 0.6 is 11.3 Å². The lowest BCUT2D eigenvalue weighted by Gasteiger charge is -2.17. The number of nitrogens with one attached hydrogen (secondary N) is 2. The molecule has 6 nitrogen and oxygen atoms in total. The SMILES string of the molecule is OCC(CNc1nc(-c2cccnc2)nc2c1CNC2)Cc1ccsc1. The highest BCUT2D eigenvalue weighted by Crippen LogP contribution is 2.25. The summed E-state index contributed by atoms with van der Waals surface area (Å²) in [5, 5.41) is 20.7. The minimum atomic E-state index is 0.143. The predicted molar refractivity (Wildman–Crippen MR) is 103 cm³/mol. The van der Waals surface area contributed by atoms with Crippen LogP contribution < -0.4 is 10.6 Å². The third-order valence-corrected chi connectivity index (χ3v) is 5.26. The van der Waals surface area contributed by atoms with E-state index in [9.17, 15) is 5.11 Å². The van der Waals surface area contributed by atoms with Gasteiger partial charge in [-0.05, 0) is 40.9 Å². The van der Waals surface area contributed by atoms with Crippen LogP contribution in [0, 0.1) is 5.92 Å². The summed E-state index contributed by atoms with van der Waals surface area (Å²) in [7, 11) is 0. The molecule has 3 N–H and O–H groups in total. The van der Waals surface area contributed by atoms with Gasteiger partial charge in [-0.2, -0.15) is 11.3 Å². The molecule has 0 radical (unpaired) electrons. The maximum Gasteiger partial charge on any atom is 0.163 e. The van der Waals surface area contributed by atoms with Gasteiger partial charge >= 0.3 is 0 Å². The number of fused-ring (bicyclic) bond motifs is 1. The Morgan fingerprint density at radius 1 is 1.27 bits per heavy atom. The van der Waals surface area contributed by atoms with Gasteiger partial charge in [-0.3, -0.25) is 4.98 Å². The lowest BCUT2D eigenvalue weighted by Crippen LogP contribution is -2.21. The van der Waals surface area contributed by atoms with Gasteiger partial charge in [-0.25, -0.2) is 9.97 Å². The van der Waals surface area contributed by atoms with Gasteiger partial charge in [-0.15, -0.1) is 0 Å². The van der Waals surface area contributed by atoms with Gasteiger partial charge in [0.2, 0.25) is 0 Å². The zero-order valence-corrected chi connectivity index (χ0v) is 15.2. The van der Waals surface area contributed by atoms with Crippen molar-refractivity contribution in [3.63, 3.8) is 0 Å². The van der Waals surface area contributed by atoms with Crippen LogP contribution in [0.4, 0.5) is 5.82 Å². The highest BCUT2D eigenvalue weighted by molar-refractivity contribution is 7.07. The fraction of sp³-hybridized carbons (Fsp3) is 0.316. The standard InChI is InChI=1S/C19H21N5OS/c25-11-14(6-13-3-5-26-12-13)7-22-19-16-9-21-10-17(16)23-18(24-19)15-2-1-4-20-8-15/h1-5,8,12,14,21,25H,6-7,9-11H2,(H,22,23,24). The van der Waals surface area contributed by atoms with E-state index in [-0.39, 0.29) is 12.5 Å². The average molecular weight is 367 g/mol. The topological polar surface area (TPSA) is 83.0 Å². The Hall–Kier alpha value is -2.35. The van der Waals surface area contributed by atoms with Crippen LogP contribution in [0.25, 0.3) is 11.4 Å². The van der Waals surface area contributed by atoms with Crippen LogP contribution in [0.2, 0.25) is 0 Å². The Kier molecular flexibility index (Phi) is 5.19. The van der Waals surface area contributed by atoms with Crippen molar-refractivity contribution in [3.05, 3.63) is 58.2 Å². The first-order valence-electron chi connectivity index (χ1n) is 8.70. The second-order valence-corrected chi connectivity index (χ2v) is 7.21. The summed E-state index contributed by atoms with van der Waals surface area (Å²) in [5.74, 6) is 1.68. The van der Waals surface area contributed by atoms with Gasteiger partial charge in [0.25, 0.3) is 0 Å². The van der Waals surface area contributed by atoms with Crippen molar-refractivity contribution in [3.8, 4) is 11.4 Å². The van der Waals surface area contributed by atoms with Gasteiger partial charge < -0.3 is 15.7 Å². The molecule has 1 aliphatic heterocycles. The monoisotopic (exact) mass is 367 g/mol. The van der Waals surface area contributed by atoms with Crippen LogP contribution in [-0.4, -0.2) is 33.2 Å². The minimum Gasteiger partial charge on any atom is -0.396 e. The second-order valence-electron chi connectivity index (χ2n) is 6.43. The number of anilines is 1. The molecule has 134 valence electrons. The van der Waals surface area contributed by atoms with Crippen molar-refractivity contribution < 1.29 is 5.11 Å². The number of rotatable bonds is 7. The van der Waals surface area contributed by atoms with E-state index >= 15 is 0 Å². The fourth-order valence-corrected chi connectivity index (χ4v) is 3.80. The summed E-state index contributed by atoms with van der Waals surface area (Å²) < 4.78 is 0. The molecule has 0 spiro atoms. The number of hydrogen-bond donors (Lipinski definition) is 3. The molecular weight excluding hydrogens is 346 g/mol. The maximum atomic E-state index is 9.74. The van der Waals surface area contributed by atoms with Crippen molar-refractivity contribution in [2.24, 2.45) is 5.92 Å². The molecule has 26 heavy (non-hydrogen) atoms. The molecule has 0 saturated heterocycles. The number of nitrogens with zero attached hydrogens (tertiary/aromatic N) is 3. The Bertz CT molecular complexity index is 854. The number of aromatic nitrogens is 3. The predicted octanol–water partition coefficient (Wildman–Crippen LogP) is 2.47. The summed E-state index contributed by atoms with van der Waals surface area (Å²) in [6, 6.07) is 5.97.